The van der Waals surface area contributed by atoms with Crippen LogP contribution in [0.15, 0.2) is 43.1 Å². The highest BCUT2D eigenvalue weighted by Gasteiger charge is 2.21. The molecule has 2 aromatic heterocycles. The highest BCUT2D eigenvalue weighted by atomic mass is 32.1. The number of hydrogen-bond acceptors (Lipinski definition) is 9. The number of carboxylic acids is 1. The molecule has 38 heavy (non-hydrogen) atoms. The average Bonchev–Trinajstić information content (AvgIpc) is 3.67. The number of amides is 2. The van der Waals surface area contributed by atoms with E-state index in [1.54, 1.807) is 24.5 Å². The normalized spacial score (nSPS) is 11.4. The van der Waals surface area contributed by atoms with Gasteiger partial charge in [0.2, 0.25) is 12.7 Å². The van der Waals surface area contributed by atoms with E-state index >= 15 is 0 Å². The fraction of sp³-hybridized carbons (Fsp3) is 0.400. The summed E-state index contributed by atoms with van der Waals surface area (Å²) in [5.41, 5.74) is 1.02. The van der Waals surface area contributed by atoms with Gasteiger partial charge in [-0.3, -0.25) is 19.3 Å². The van der Waals surface area contributed by atoms with Gasteiger partial charge in [0.05, 0.1) is 25.6 Å². The molecule has 1 aliphatic rings. The SMILES string of the molecule is CC(=O)O.COCCC(=O)N(CCc1ccc2c(c1)OCO2)c1ncc(C(=O)NCCCn2ccnc2)s1. The monoisotopic (exact) mass is 545 g/mol. The Balaban J connectivity index is 0.000000934. The van der Waals surface area contributed by atoms with E-state index in [9.17, 15) is 9.59 Å². The van der Waals surface area contributed by atoms with Crippen molar-refractivity contribution in [3.63, 3.8) is 0 Å². The first-order valence-electron chi connectivity index (χ1n) is 11.9. The van der Waals surface area contributed by atoms with Crippen molar-refractivity contribution in [3.05, 3.63) is 53.6 Å². The van der Waals surface area contributed by atoms with E-state index in [1.165, 1.54) is 17.5 Å². The summed E-state index contributed by atoms with van der Waals surface area (Å²) < 4.78 is 17.8. The Kier molecular flexibility index (Phi) is 11.1. The number of nitrogens with zero attached hydrogens (tertiary/aromatic N) is 4. The van der Waals surface area contributed by atoms with Gasteiger partial charge in [-0.05, 0) is 30.5 Å². The van der Waals surface area contributed by atoms with Gasteiger partial charge in [0.15, 0.2) is 16.6 Å². The van der Waals surface area contributed by atoms with Crippen molar-refractivity contribution in [2.45, 2.75) is 32.7 Å². The number of benzene rings is 1. The van der Waals surface area contributed by atoms with E-state index in [2.05, 4.69) is 15.3 Å². The Bertz CT molecular complexity index is 1190. The lowest BCUT2D eigenvalue weighted by atomic mass is 10.1. The molecular formula is C25H31N5O7S. The molecule has 0 saturated carbocycles. The van der Waals surface area contributed by atoms with Gasteiger partial charge in [0, 0.05) is 46.1 Å². The standard InChI is InChI=1S/C23H27N5O5S.C2H4O2/c1-31-12-6-21(29)28(10-5-17-3-4-18-19(13-17)33-16-32-18)23-26-14-20(34-23)22(30)25-7-2-9-27-11-8-24-15-27;1-2(3)4/h3-4,8,11,13-15H,2,5-7,9-10,12,16H2,1H3,(H,25,30);1H3,(H,3,4). The van der Waals surface area contributed by atoms with Crippen LogP contribution in [0.5, 0.6) is 11.5 Å². The van der Waals surface area contributed by atoms with Crippen LogP contribution in [0.3, 0.4) is 0 Å². The van der Waals surface area contributed by atoms with Crippen LogP contribution >= 0.6 is 11.3 Å². The van der Waals surface area contributed by atoms with E-state index in [-0.39, 0.29) is 25.0 Å². The molecule has 204 valence electrons. The van der Waals surface area contributed by atoms with Gasteiger partial charge in [-0.25, -0.2) is 9.97 Å². The number of ether oxygens (including phenoxy) is 3. The summed E-state index contributed by atoms with van der Waals surface area (Å²) in [6, 6.07) is 5.74. The lowest BCUT2D eigenvalue weighted by Crippen LogP contribution is -2.33. The minimum Gasteiger partial charge on any atom is -0.481 e. The fourth-order valence-corrected chi connectivity index (χ4v) is 4.33. The molecule has 3 heterocycles. The lowest BCUT2D eigenvalue weighted by molar-refractivity contribution is -0.134. The van der Waals surface area contributed by atoms with Crippen LogP contribution < -0.4 is 19.7 Å². The molecule has 0 atom stereocenters. The topological polar surface area (TPSA) is 145 Å². The number of aromatic nitrogens is 3. The molecule has 1 aromatic carbocycles. The molecule has 12 nitrogen and oxygen atoms in total. The molecule has 13 heteroatoms. The number of rotatable bonds is 12. The van der Waals surface area contributed by atoms with Gasteiger partial charge in [-0.15, -0.1) is 0 Å². The zero-order valence-electron chi connectivity index (χ0n) is 21.3. The first-order valence-corrected chi connectivity index (χ1v) is 12.8. The fourth-order valence-electron chi connectivity index (χ4n) is 3.45. The predicted molar refractivity (Wildman–Crippen MR) is 140 cm³/mol. The maximum absolute atomic E-state index is 12.9. The van der Waals surface area contributed by atoms with Crippen LogP contribution in [0.25, 0.3) is 0 Å². The van der Waals surface area contributed by atoms with Crippen LogP contribution in [0.2, 0.25) is 0 Å². The maximum atomic E-state index is 12.9. The lowest BCUT2D eigenvalue weighted by Gasteiger charge is -2.20. The van der Waals surface area contributed by atoms with Gasteiger partial charge in [0.25, 0.3) is 11.9 Å². The molecule has 3 aromatic rings. The molecule has 0 saturated heterocycles. The molecule has 0 aliphatic carbocycles. The summed E-state index contributed by atoms with van der Waals surface area (Å²) in [6.45, 7) is 3.34. The number of carbonyl (C=O) groups is 3. The van der Waals surface area contributed by atoms with Crippen molar-refractivity contribution in [2.75, 3.05) is 38.5 Å². The number of hydrogen-bond donors (Lipinski definition) is 2. The second-order valence-electron chi connectivity index (χ2n) is 8.16. The number of imidazole rings is 1. The van der Waals surface area contributed by atoms with Gasteiger partial charge in [-0.1, -0.05) is 17.4 Å². The second kappa shape index (κ2) is 14.7. The van der Waals surface area contributed by atoms with Crippen molar-refractivity contribution in [2.24, 2.45) is 0 Å². The number of methoxy groups -OCH3 is 1. The number of anilines is 1. The van der Waals surface area contributed by atoms with Crippen LogP contribution in [0.4, 0.5) is 5.13 Å². The number of carbonyl (C=O) groups excluding carboxylic acids is 2. The van der Waals surface area contributed by atoms with Crippen LogP contribution in [0.1, 0.15) is 35.0 Å². The third-order valence-electron chi connectivity index (χ3n) is 5.27. The van der Waals surface area contributed by atoms with E-state index in [0.717, 1.165) is 31.2 Å². The third kappa shape index (κ3) is 8.85. The van der Waals surface area contributed by atoms with E-state index in [1.807, 2.05) is 29.0 Å². The minimum absolute atomic E-state index is 0.107. The largest absolute Gasteiger partial charge is 0.481 e. The minimum atomic E-state index is -0.833. The quantitative estimate of drug-likeness (QED) is 0.328. The van der Waals surface area contributed by atoms with E-state index < -0.39 is 5.97 Å². The Morgan fingerprint density at radius 3 is 2.79 bits per heavy atom. The number of aryl methyl sites for hydroxylation is 1. The Morgan fingerprint density at radius 2 is 2.05 bits per heavy atom. The highest BCUT2D eigenvalue weighted by Crippen LogP contribution is 2.33. The number of aliphatic carboxylic acids is 1. The Hall–Kier alpha value is -3.97. The molecule has 2 amide bonds. The van der Waals surface area contributed by atoms with Crippen molar-refractivity contribution < 1.29 is 33.7 Å². The summed E-state index contributed by atoms with van der Waals surface area (Å²) >= 11 is 1.20. The van der Waals surface area contributed by atoms with Crippen LogP contribution in [-0.4, -0.2) is 71.0 Å². The van der Waals surface area contributed by atoms with Crippen LogP contribution in [-0.2, 0) is 27.3 Å². The number of carboxylic acid groups (broad SMARTS) is 1. The first-order chi connectivity index (χ1) is 18.4. The van der Waals surface area contributed by atoms with Crippen molar-refractivity contribution in [3.8, 4) is 11.5 Å². The molecule has 0 spiro atoms. The Labute approximate surface area is 224 Å². The number of nitrogens with one attached hydrogen (secondary N) is 1. The van der Waals surface area contributed by atoms with Crippen molar-refractivity contribution in [1.29, 1.82) is 0 Å². The van der Waals surface area contributed by atoms with E-state index in [4.69, 9.17) is 24.1 Å². The Morgan fingerprint density at radius 1 is 1.26 bits per heavy atom. The van der Waals surface area contributed by atoms with Gasteiger partial charge in [0.1, 0.15) is 4.88 Å². The van der Waals surface area contributed by atoms with Crippen molar-refractivity contribution in [1.82, 2.24) is 19.9 Å². The zero-order valence-corrected chi connectivity index (χ0v) is 22.1. The van der Waals surface area contributed by atoms with Crippen molar-refractivity contribution >= 4 is 34.3 Å². The van der Waals surface area contributed by atoms with Gasteiger partial charge in [-0.2, -0.15) is 0 Å². The molecular weight excluding hydrogens is 514 g/mol. The van der Waals surface area contributed by atoms with Gasteiger partial charge < -0.3 is 29.2 Å². The number of fused-ring (bicyclic) bond motifs is 1. The summed E-state index contributed by atoms with van der Waals surface area (Å²) in [5, 5.41) is 10.8. The molecule has 2 N–H and O–H groups in total. The molecule has 4 rings (SSSR count). The second-order valence-corrected chi connectivity index (χ2v) is 9.17. The van der Waals surface area contributed by atoms with E-state index in [0.29, 0.717) is 41.9 Å². The molecule has 0 fully saturated rings. The van der Waals surface area contributed by atoms with Gasteiger partial charge >= 0.3 is 0 Å². The molecule has 0 unspecified atom stereocenters. The smallest absolute Gasteiger partial charge is 0.300 e. The summed E-state index contributed by atoms with van der Waals surface area (Å²) in [5.74, 6) is 0.284. The highest BCUT2D eigenvalue weighted by molar-refractivity contribution is 7.17. The molecule has 0 radical (unpaired) electrons. The summed E-state index contributed by atoms with van der Waals surface area (Å²) in [4.78, 5) is 44.9. The average molecular weight is 546 g/mol. The first kappa shape index (κ1) is 28.6. The summed E-state index contributed by atoms with van der Waals surface area (Å²) in [6.07, 6.45) is 8.49. The molecule has 1 aliphatic heterocycles. The predicted octanol–water partition coefficient (Wildman–Crippen LogP) is 2.59. The third-order valence-corrected chi connectivity index (χ3v) is 6.29. The zero-order chi connectivity index (χ0) is 27.3. The number of thiazole rings is 1. The molecule has 0 bridgehead atoms. The summed E-state index contributed by atoms with van der Waals surface area (Å²) in [7, 11) is 1.56. The van der Waals surface area contributed by atoms with Crippen LogP contribution in [0, 0.1) is 0 Å². The maximum Gasteiger partial charge on any atom is 0.300 e.